The summed E-state index contributed by atoms with van der Waals surface area (Å²) in [7, 11) is 1.66. The lowest BCUT2D eigenvalue weighted by atomic mass is 9.79. The van der Waals surface area contributed by atoms with Crippen LogP contribution in [0.2, 0.25) is 0 Å². The van der Waals surface area contributed by atoms with Gasteiger partial charge in [-0.05, 0) is 38.8 Å². The molecule has 2 fully saturated rings. The Morgan fingerprint density at radius 1 is 1.09 bits per heavy atom. The highest BCUT2D eigenvalue weighted by Crippen LogP contribution is 2.35. The third-order valence-corrected chi connectivity index (χ3v) is 5.39. The second-order valence-electron chi connectivity index (χ2n) is 7.06. The average molecular weight is 325 g/mol. The van der Waals surface area contributed by atoms with E-state index in [1.54, 1.807) is 7.05 Å². The first kappa shape index (κ1) is 18.0. The lowest BCUT2D eigenvalue weighted by Crippen LogP contribution is -2.59. The van der Waals surface area contributed by atoms with Crippen LogP contribution >= 0.6 is 0 Å². The molecule has 1 heterocycles. The molecule has 0 atom stereocenters. The summed E-state index contributed by atoms with van der Waals surface area (Å²) in [5.41, 5.74) is 0.113. The van der Waals surface area contributed by atoms with Crippen LogP contribution in [0.3, 0.4) is 0 Å². The normalized spacial score (nSPS) is 21.6. The van der Waals surface area contributed by atoms with Crippen LogP contribution in [0.1, 0.15) is 57.8 Å². The molecule has 2 aliphatic rings. The Morgan fingerprint density at radius 3 is 2.30 bits per heavy atom. The van der Waals surface area contributed by atoms with E-state index in [0.29, 0.717) is 6.54 Å². The highest BCUT2D eigenvalue weighted by Gasteiger charge is 2.38. The lowest BCUT2D eigenvalue weighted by Gasteiger charge is -2.48. The summed E-state index contributed by atoms with van der Waals surface area (Å²) in [5, 5.41) is 11.8. The summed E-state index contributed by atoms with van der Waals surface area (Å²) >= 11 is 0. The Balaban J connectivity index is 1.90. The third-order valence-electron chi connectivity index (χ3n) is 5.39. The van der Waals surface area contributed by atoms with Crippen LogP contribution in [0.4, 0.5) is 4.79 Å². The standard InChI is InChI=1S/C17H31N3O3/c1-19(13-8-15(21)22)16(23)18-14-17(9-4-2-5-10-17)20-11-6-3-7-12-20/h2-14H2,1H3,(H,18,23)(H,21,22). The fraction of sp³-hybridized carbons (Fsp3) is 0.882. The number of hydrogen-bond donors (Lipinski definition) is 2. The van der Waals surface area contributed by atoms with Crippen molar-refractivity contribution in [1.82, 2.24) is 15.1 Å². The SMILES string of the molecule is CN(CCC(=O)O)C(=O)NCC1(N2CCCCC2)CCCCC1. The van der Waals surface area contributed by atoms with Gasteiger partial charge < -0.3 is 15.3 Å². The van der Waals surface area contributed by atoms with Crippen LogP contribution in [0.25, 0.3) is 0 Å². The molecule has 0 spiro atoms. The number of likely N-dealkylation sites (tertiary alicyclic amines) is 1. The molecule has 0 bridgehead atoms. The number of carboxylic acid groups (broad SMARTS) is 1. The number of carbonyl (C=O) groups excluding carboxylic acids is 1. The van der Waals surface area contributed by atoms with Crippen LogP contribution in [-0.2, 0) is 4.79 Å². The third kappa shape index (κ3) is 5.09. The summed E-state index contributed by atoms with van der Waals surface area (Å²) in [6, 6.07) is -0.159. The molecule has 0 unspecified atom stereocenters. The van der Waals surface area contributed by atoms with Gasteiger partial charge in [0, 0.05) is 25.7 Å². The zero-order valence-electron chi connectivity index (χ0n) is 14.4. The molecule has 0 aromatic rings. The maximum atomic E-state index is 12.2. The van der Waals surface area contributed by atoms with Crippen LogP contribution < -0.4 is 5.32 Å². The van der Waals surface area contributed by atoms with Gasteiger partial charge in [0.25, 0.3) is 0 Å². The first-order valence-electron chi connectivity index (χ1n) is 8.99. The Bertz CT molecular complexity index is 402. The monoisotopic (exact) mass is 325 g/mol. The van der Waals surface area contributed by atoms with Gasteiger partial charge in [0.15, 0.2) is 0 Å². The van der Waals surface area contributed by atoms with Crippen LogP contribution in [0.15, 0.2) is 0 Å². The second-order valence-corrected chi connectivity index (χ2v) is 7.06. The Kier molecular flexibility index (Phi) is 6.69. The van der Waals surface area contributed by atoms with Crippen LogP contribution in [-0.4, -0.2) is 65.7 Å². The van der Waals surface area contributed by atoms with Crippen molar-refractivity contribution in [3.8, 4) is 0 Å². The van der Waals surface area contributed by atoms with Crippen molar-refractivity contribution >= 4 is 12.0 Å². The molecule has 1 saturated carbocycles. The number of urea groups is 1. The highest BCUT2D eigenvalue weighted by molar-refractivity contribution is 5.75. The van der Waals surface area contributed by atoms with E-state index in [4.69, 9.17) is 5.11 Å². The number of aliphatic carboxylic acids is 1. The molecule has 6 heteroatoms. The molecular weight excluding hydrogens is 294 g/mol. The van der Waals surface area contributed by atoms with E-state index in [1.165, 1.54) is 43.4 Å². The van der Waals surface area contributed by atoms with Gasteiger partial charge >= 0.3 is 12.0 Å². The number of rotatable bonds is 6. The predicted molar refractivity (Wildman–Crippen MR) is 89.5 cm³/mol. The number of amides is 2. The van der Waals surface area contributed by atoms with Gasteiger partial charge in [0.1, 0.15) is 0 Å². The molecule has 23 heavy (non-hydrogen) atoms. The van der Waals surface area contributed by atoms with Gasteiger partial charge in [0.05, 0.1) is 6.42 Å². The molecule has 6 nitrogen and oxygen atoms in total. The molecule has 1 saturated heterocycles. The molecule has 2 amide bonds. The van der Waals surface area contributed by atoms with E-state index in [2.05, 4.69) is 10.2 Å². The van der Waals surface area contributed by atoms with Gasteiger partial charge in [-0.15, -0.1) is 0 Å². The van der Waals surface area contributed by atoms with Crippen molar-refractivity contribution in [2.24, 2.45) is 0 Å². The number of piperidine rings is 1. The summed E-state index contributed by atoms with van der Waals surface area (Å²) in [5.74, 6) is -0.873. The molecule has 132 valence electrons. The molecule has 2 rings (SSSR count). The zero-order valence-corrected chi connectivity index (χ0v) is 14.4. The minimum atomic E-state index is -0.873. The quantitative estimate of drug-likeness (QED) is 0.786. The Morgan fingerprint density at radius 2 is 1.70 bits per heavy atom. The maximum Gasteiger partial charge on any atom is 0.317 e. The summed E-state index contributed by atoms with van der Waals surface area (Å²) in [4.78, 5) is 26.9. The fourth-order valence-electron chi connectivity index (χ4n) is 3.92. The summed E-state index contributed by atoms with van der Waals surface area (Å²) in [6.45, 7) is 3.22. The molecule has 0 radical (unpaired) electrons. The van der Waals surface area contributed by atoms with Crippen molar-refractivity contribution in [2.45, 2.75) is 63.3 Å². The fourth-order valence-corrected chi connectivity index (χ4v) is 3.92. The zero-order chi connectivity index (χ0) is 16.7. The van der Waals surface area contributed by atoms with Crippen molar-refractivity contribution in [1.29, 1.82) is 0 Å². The van der Waals surface area contributed by atoms with E-state index in [-0.39, 0.29) is 24.5 Å². The Labute approximate surface area is 139 Å². The van der Waals surface area contributed by atoms with Gasteiger partial charge in [-0.2, -0.15) is 0 Å². The number of nitrogens with one attached hydrogen (secondary N) is 1. The molecule has 0 aromatic heterocycles. The lowest BCUT2D eigenvalue weighted by molar-refractivity contribution is -0.137. The Hall–Kier alpha value is -1.30. The van der Waals surface area contributed by atoms with Gasteiger partial charge in [-0.3, -0.25) is 9.69 Å². The topological polar surface area (TPSA) is 72.9 Å². The molecule has 0 aromatic carbocycles. The van der Waals surface area contributed by atoms with E-state index in [9.17, 15) is 9.59 Å². The van der Waals surface area contributed by atoms with Crippen molar-refractivity contribution < 1.29 is 14.7 Å². The summed E-state index contributed by atoms with van der Waals surface area (Å²) < 4.78 is 0. The van der Waals surface area contributed by atoms with E-state index in [0.717, 1.165) is 25.9 Å². The molecule has 1 aliphatic heterocycles. The number of carbonyl (C=O) groups is 2. The first-order valence-corrected chi connectivity index (χ1v) is 8.99. The summed E-state index contributed by atoms with van der Waals surface area (Å²) in [6.07, 6.45) is 9.91. The second kappa shape index (κ2) is 8.52. The van der Waals surface area contributed by atoms with Crippen molar-refractivity contribution in [3.63, 3.8) is 0 Å². The first-order chi connectivity index (χ1) is 11.0. The van der Waals surface area contributed by atoms with Gasteiger partial charge in [-0.25, -0.2) is 4.79 Å². The highest BCUT2D eigenvalue weighted by atomic mass is 16.4. The average Bonchev–Trinajstić information content (AvgIpc) is 2.59. The minimum Gasteiger partial charge on any atom is -0.481 e. The van der Waals surface area contributed by atoms with E-state index in [1.807, 2.05) is 0 Å². The number of hydrogen-bond acceptors (Lipinski definition) is 3. The predicted octanol–water partition coefficient (Wildman–Crippen LogP) is 2.29. The number of carboxylic acids is 1. The molecule has 2 N–H and O–H groups in total. The maximum absolute atomic E-state index is 12.2. The smallest absolute Gasteiger partial charge is 0.317 e. The van der Waals surface area contributed by atoms with Crippen LogP contribution in [0, 0.1) is 0 Å². The van der Waals surface area contributed by atoms with Crippen molar-refractivity contribution in [2.75, 3.05) is 33.2 Å². The van der Waals surface area contributed by atoms with Crippen molar-refractivity contribution in [3.05, 3.63) is 0 Å². The van der Waals surface area contributed by atoms with Crippen LogP contribution in [0.5, 0.6) is 0 Å². The molecular formula is C17H31N3O3. The van der Waals surface area contributed by atoms with E-state index < -0.39 is 5.97 Å². The van der Waals surface area contributed by atoms with E-state index >= 15 is 0 Å². The largest absolute Gasteiger partial charge is 0.481 e. The van der Waals surface area contributed by atoms with Gasteiger partial charge in [-0.1, -0.05) is 25.7 Å². The molecule has 1 aliphatic carbocycles. The number of nitrogens with zero attached hydrogens (tertiary/aromatic N) is 2. The van der Waals surface area contributed by atoms with Gasteiger partial charge in [0.2, 0.25) is 0 Å². The minimum absolute atomic E-state index is 0.0127.